The van der Waals surface area contributed by atoms with Gasteiger partial charge in [-0.05, 0) is 66.0 Å². The van der Waals surface area contributed by atoms with Crippen molar-refractivity contribution in [2.75, 3.05) is 23.4 Å². The summed E-state index contributed by atoms with van der Waals surface area (Å²) in [6.07, 6.45) is 2.32. The molecule has 3 aromatic rings. The molecule has 1 fully saturated rings. The molecule has 220 valence electrons. The molecule has 2 aromatic carbocycles. The van der Waals surface area contributed by atoms with E-state index in [1.54, 1.807) is 30.3 Å². The first-order chi connectivity index (χ1) is 19.2. The number of rotatable bonds is 11. The number of anilines is 2. The number of nitrogen functional groups attached to an aromatic ring is 1. The Morgan fingerprint density at radius 2 is 1.88 bits per heavy atom. The van der Waals surface area contributed by atoms with Gasteiger partial charge >= 0.3 is 11.9 Å². The highest BCUT2D eigenvalue weighted by Crippen LogP contribution is 2.46. The lowest BCUT2D eigenvalue weighted by Gasteiger charge is -2.43. The maximum atomic E-state index is 13.0. The van der Waals surface area contributed by atoms with Crippen LogP contribution in [0.4, 0.5) is 11.4 Å². The Balaban J connectivity index is 1.45. The SMILES string of the molecule is CC1(C)C[C@@H](Nc2cccc(-c3sc(C(=O)O)c(OCC(=O)O)c3Cl)c2)CCC1CS(=O)(=O)Cc1cccc(N)c1. The van der Waals surface area contributed by atoms with Crippen LogP contribution in [0.15, 0.2) is 48.5 Å². The predicted octanol–water partition coefficient (Wildman–Crippen LogP) is 6.03. The average Bonchev–Trinajstić information content (AvgIpc) is 3.20. The van der Waals surface area contributed by atoms with Gasteiger partial charge in [0.1, 0.15) is 5.02 Å². The summed E-state index contributed by atoms with van der Waals surface area (Å²) in [6.45, 7) is 3.50. The molecule has 1 aromatic heterocycles. The van der Waals surface area contributed by atoms with E-state index in [4.69, 9.17) is 27.2 Å². The molecule has 0 bridgehead atoms. The lowest BCUT2D eigenvalue weighted by Crippen LogP contribution is -2.41. The number of hydrogen-bond donors (Lipinski definition) is 4. The Morgan fingerprint density at radius 1 is 1.15 bits per heavy atom. The average molecular weight is 621 g/mol. The number of hydrogen-bond acceptors (Lipinski definition) is 8. The van der Waals surface area contributed by atoms with Crippen LogP contribution in [0.2, 0.25) is 5.02 Å². The maximum absolute atomic E-state index is 13.0. The Hall–Kier alpha value is -3.28. The molecule has 12 heteroatoms. The van der Waals surface area contributed by atoms with E-state index in [1.807, 2.05) is 18.2 Å². The molecule has 1 aliphatic rings. The fraction of sp³-hybridized carbons (Fsp3) is 0.379. The van der Waals surface area contributed by atoms with Gasteiger partial charge in [0.2, 0.25) is 0 Å². The molecule has 0 aliphatic heterocycles. The molecule has 1 heterocycles. The summed E-state index contributed by atoms with van der Waals surface area (Å²) in [4.78, 5) is 23.0. The third-order valence-corrected chi connectivity index (χ3v) is 10.7. The highest BCUT2D eigenvalue weighted by molar-refractivity contribution is 7.90. The van der Waals surface area contributed by atoms with Crippen molar-refractivity contribution < 1.29 is 33.0 Å². The van der Waals surface area contributed by atoms with E-state index in [9.17, 15) is 23.1 Å². The van der Waals surface area contributed by atoms with Crippen molar-refractivity contribution in [3.63, 3.8) is 0 Å². The number of halogens is 1. The first-order valence-electron chi connectivity index (χ1n) is 13.1. The third-order valence-electron chi connectivity index (χ3n) is 7.37. The molecule has 1 unspecified atom stereocenters. The topological polar surface area (TPSA) is 156 Å². The molecule has 9 nitrogen and oxygen atoms in total. The van der Waals surface area contributed by atoms with Crippen LogP contribution in [0.1, 0.15) is 48.3 Å². The zero-order valence-corrected chi connectivity index (χ0v) is 25.1. The fourth-order valence-corrected chi connectivity index (χ4v) is 8.84. The van der Waals surface area contributed by atoms with Crippen molar-refractivity contribution in [3.8, 4) is 16.2 Å². The first-order valence-corrected chi connectivity index (χ1v) is 16.1. The predicted molar refractivity (Wildman–Crippen MR) is 162 cm³/mol. The number of thiophene rings is 1. The molecule has 0 spiro atoms. The smallest absolute Gasteiger partial charge is 0.349 e. The second kappa shape index (κ2) is 12.3. The summed E-state index contributed by atoms with van der Waals surface area (Å²) >= 11 is 7.37. The fourth-order valence-electron chi connectivity index (χ4n) is 5.40. The van der Waals surface area contributed by atoms with Crippen molar-refractivity contribution in [1.82, 2.24) is 0 Å². The van der Waals surface area contributed by atoms with Crippen LogP contribution in [-0.4, -0.2) is 49.0 Å². The van der Waals surface area contributed by atoms with Crippen LogP contribution in [0.25, 0.3) is 10.4 Å². The lowest BCUT2D eigenvalue weighted by molar-refractivity contribution is -0.139. The molecule has 1 saturated carbocycles. The number of nitrogens with one attached hydrogen (secondary N) is 1. The Kier molecular flexibility index (Phi) is 9.20. The molecular weight excluding hydrogens is 588 g/mol. The number of carboxylic acid groups (broad SMARTS) is 2. The van der Waals surface area contributed by atoms with Gasteiger partial charge in [0.25, 0.3) is 0 Å². The van der Waals surface area contributed by atoms with E-state index in [0.29, 0.717) is 21.7 Å². The molecule has 2 atom stereocenters. The number of ether oxygens (including phenoxy) is 1. The molecule has 4 rings (SSSR count). The van der Waals surface area contributed by atoms with E-state index in [2.05, 4.69) is 19.2 Å². The molecule has 0 saturated heterocycles. The van der Waals surface area contributed by atoms with Crippen LogP contribution in [-0.2, 0) is 20.4 Å². The number of sulfone groups is 1. The van der Waals surface area contributed by atoms with Gasteiger partial charge in [-0.3, -0.25) is 0 Å². The standard InChI is InChI=1S/C29H33ClN2O7S2/c1-29(2)13-22(10-9-19(29)16-41(37,38)15-17-5-3-7-20(31)11-17)32-21-8-4-6-18(12-21)26-24(30)25(39-14-23(33)34)27(40-26)28(35)36/h3-8,11-12,19,22,32H,9-10,13-16,31H2,1-2H3,(H,33,34)(H,35,36)/t19?,22-/m0/s1. The molecule has 5 N–H and O–H groups in total. The number of aromatic carboxylic acids is 1. The highest BCUT2D eigenvalue weighted by Gasteiger charge is 2.39. The van der Waals surface area contributed by atoms with Gasteiger partial charge in [-0.1, -0.05) is 49.7 Å². The highest BCUT2D eigenvalue weighted by atomic mass is 35.5. The van der Waals surface area contributed by atoms with Gasteiger partial charge in [0.05, 0.1) is 16.4 Å². The Morgan fingerprint density at radius 3 is 2.54 bits per heavy atom. The zero-order chi connectivity index (χ0) is 29.9. The van der Waals surface area contributed by atoms with Gasteiger partial charge in [0, 0.05) is 17.4 Å². The summed E-state index contributed by atoms with van der Waals surface area (Å²) < 4.78 is 31.3. The van der Waals surface area contributed by atoms with Crippen LogP contribution in [0.5, 0.6) is 5.75 Å². The minimum atomic E-state index is -3.33. The van der Waals surface area contributed by atoms with E-state index >= 15 is 0 Å². The monoisotopic (exact) mass is 620 g/mol. The normalized spacial score (nSPS) is 18.5. The van der Waals surface area contributed by atoms with Gasteiger partial charge in [-0.15, -0.1) is 11.3 Å². The molecule has 0 amide bonds. The summed E-state index contributed by atoms with van der Waals surface area (Å²) in [6, 6.07) is 14.5. The van der Waals surface area contributed by atoms with Crippen molar-refractivity contribution in [3.05, 3.63) is 64.0 Å². The van der Waals surface area contributed by atoms with Crippen molar-refractivity contribution >= 4 is 56.1 Å². The van der Waals surface area contributed by atoms with Crippen molar-refractivity contribution in [1.29, 1.82) is 0 Å². The summed E-state index contributed by atoms with van der Waals surface area (Å²) in [5.41, 5.74) is 8.31. The van der Waals surface area contributed by atoms with Gasteiger partial charge in [0.15, 0.2) is 27.1 Å². The number of benzene rings is 2. The van der Waals surface area contributed by atoms with E-state index in [-0.39, 0.29) is 44.5 Å². The van der Waals surface area contributed by atoms with Crippen LogP contribution in [0.3, 0.4) is 0 Å². The van der Waals surface area contributed by atoms with E-state index in [1.165, 1.54) is 0 Å². The molecule has 1 aliphatic carbocycles. The first kappa shape index (κ1) is 30.7. The second-order valence-electron chi connectivity index (χ2n) is 11.1. The second-order valence-corrected chi connectivity index (χ2v) is 14.6. The van der Waals surface area contributed by atoms with Crippen LogP contribution >= 0.6 is 22.9 Å². The van der Waals surface area contributed by atoms with Crippen LogP contribution < -0.4 is 15.8 Å². The zero-order valence-electron chi connectivity index (χ0n) is 22.7. The minimum Gasteiger partial charge on any atom is -0.479 e. The molecular formula is C29H33ClN2O7S2. The quantitative estimate of drug-likeness (QED) is 0.188. The van der Waals surface area contributed by atoms with Gasteiger partial charge in [-0.25, -0.2) is 18.0 Å². The summed E-state index contributed by atoms with van der Waals surface area (Å²) in [5, 5.41) is 22.1. The lowest BCUT2D eigenvalue weighted by atomic mass is 9.68. The number of nitrogens with two attached hydrogens (primary N) is 1. The van der Waals surface area contributed by atoms with Crippen molar-refractivity contribution in [2.45, 2.75) is 44.9 Å². The minimum absolute atomic E-state index is 0.0153. The van der Waals surface area contributed by atoms with Crippen LogP contribution in [0, 0.1) is 11.3 Å². The molecule has 0 radical (unpaired) electrons. The summed E-state index contributed by atoms with van der Waals surface area (Å²) in [5.74, 6) is -2.56. The van der Waals surface area contributed by atoms with Gasteiger partial charge in [-0.2, -0.15) is 0 Å². The maximum Gasteiger partial charge on any atom is 0.349 e. The third kappa shape index (κ3) is 7.72. The number of carboxylic acids is 2. The van der Waals surface area contributed by atoms with E-state index in [0.717, 1.165) is 36.3 Å². The Labute approximate surface area is 248 Å². The van der Waals surface area contributed by atoms with Gasteiger partial charge < -0.3 is 26.0 Å². The summed E-state index contributed by atoms with van der Waals surface area (Å²) in [7, 11) is -3.33. The molecule has 41 heavy (non-hydrogen) atoms. The van der Waals surface area contributed by atoms with Crippen molar-refractivity contribution in [2.24, 2.45) is 11.3 Å². The number of aliphatic carboxylic acids is 1. The number of carbonyl (C=O) groups is 2. The Bertz CT molecular complexity index is 1550. The van der Waals surface area contributed by atoms with E-state index < -0.39 is 28.4 Å². The largest absolute Gasteiger partial charge is 0.479 e.